The Morgan fingerprint density at radius 3 is 1.61 bits per heavy atom. The van der Waals surface area contributed by atoms with Gasteiger partial charge in [-0.25, -0.2) is 0 Å². The average molecular weight is 534 g/mol. The fourth-order valence-electron chi connectivity index (χ4n) is 5.56. The van der Waals surface area contributed by atoms with E-state index in [1.807, 2.05) is 48.5 Å². The molecule has 5 heteroatoms. The number of nitrogens with zero attached hydrogens (tertiary/aromatic N) is 2. The van der Waals surface area contributed by atoms with Crippen LogP contribution in [-0.4, -0.2) is 17.3 Å². The Labute approximate surface area is 231 Å². The van der Waals surface area contributed by atoms with Crippen LogP contribution >= 0.6 is 6.19 Å². The Morgan fingerprint density at radius 2 is 1.18 bits per heavy atom. The lowest BCUT2D eigenvalue weighted by Crippen LogP contribution is -2.53. The van der Waals surface area contributed by atoms with E-state index in [1.165, 1.54) is 0 Å². The Balaban J connectivity index is 1.65. The molecule has 2 atom stereocenters. The maximum absolute atomic E-state index is 10.7. The first kappa shape index (κ1) is 26.3. The number of hydrogen-bond acceptors (Lipinski definition) is 3. The van der Waals surface area contributed by atoms with Gasteiger partial charge in [0.05, 0.1) is 23.5 Å². The molecule has 1 aliphatic rings. The fourth-order valence-corrected chi connectivity index (χ4v) is 9.59. The molecular weight excluding hydrogens is 501 g/mol. The van der Waals surface area contributed by atoms with Crippen molar-refractivity contribution in [2.75, 3.05) is 0 Å². The molecule has 190 valence electrons. The summed E-state index contributed by atoms with van der Waals surface area (Å²) in [5.74, 6) is 0.335. The van der Waals surface area contributed by atoms with Gasteiger partial charge in [0, 0.05) is 21.7 Å². The van der Waals surface area contributed by atoms with Gasteiger partial charge in [-0.3, -0.25) is 10.1 Å². The summed E-state index contributed by atoms with van der Waals surface area (Å²) >= 11 is 6.55. The molecule has 0 radical (unpaired) electrons. The summed E-state index contributed by atoms with van der Waals surface area (Å²) in [6.07, 6.45) is -1.73. The SMILES string of the molecule is CC(C)C[C@@](C)(NP(=S)(c1ccccc1)c1ccccc1)[C@H](C#N)N=C1c2ccccc2-c2ccccc21. The van der Waals surface area contributed by atoms with Crippen molar-refractivity contribution in [3.05, 3.63) is 120 Å². The van der Waals surface area contributed by atoms with E-state index in [1.54, 1.807) is 0 Å². The predicted molar refractivity (Wildman–Crippen MR) is 164 cm³/mol. The first-order chi connectivity index (χ1) is 18.4. The Morgan fingerprint density at radius 1 is 0.763 bits per heavy atom. The van der Waals surface area contributed by atoms with Gasteiger partial charge in [0.1, 0.15) is 0 Å². The minimum absolute atomic E-state index is 0.335. The molecule has 0 saturated heterocycles. The molecule has 0 bridgehead atoms. The maximum Gasteiger partial charge on any atom is 0.155 e. The van der Waals surface area contributed by atoms with Gasteiger partial charge in [0.25, 0.3) is 0 Å². The summed E-state index contributed by atoms with van der Waals surface area (Å²) < 4.78 is 0. The van der Waals surface area contributed by atoms with Crippen LogP contribution in [0, 0.1) is 17.2 Å². The van der Waals surface area contributed by atoms with Crippen LogP contribution in [0.15, 0.2) is 114 Å². The van der Waals surface area contributed by atoms with E-state index in [4.69, 9.17) is 16.8 Å². The molecule has 4 aromatic rings. The topological polar surface area (TPSA) is 48.2 Å². The first-order valence-electron chi connectivity index (χ1n) is 13.0. The van der Waals surface area contributed by atoms with Gasteiger partial charge in [0.15, 0.2) is 6.04 Å². The fraction of sp³-hybridized carbons (Fsp3) is 0.212. The summed E-state index contributed by atoms with van der Waals surface area (Å²) in [4.78, 5) is 5.24. The molecule has 0 heterocycles. The minimum atomic E-state index is -2.48. The molecule has 0 amide bonds. The maximum atomic E-state index is 10.7. The number of rotatable bonds is 8. The largest absolute Gasteiger partial charge is 0.273 e. The van der Waals surface area contributed by atoms with Crippen molar-refractivity contribution in [2.24, 2.45) is 10.9 Å². The van der Waals surface area contributed by atoms with E-state index in [2.05, 4.69) is 92.6 Å². The van der Waals surface area contributed by atoms with Crippen molar-refractivity contribution in [3.63, 3.8) is 0 Å². The number of fused-ring (bicyclic) bond motifs is 3. The summed E-state index contributed by atoms with van der Waals surface area (Å²) in [6.45, 7) is 6.51. The second-order valence-electron chi connectivity index (χ2n) is 10.5. The van der Waals surface area contributed by atoms with Crippen molar-refractivity contribution in [2.45, 2.75) is 38.8 Å². The van der Waals surface area contributed by atoms with Gasteiger partial charge in [-0.2, -0.15) is 5.26 Å². The lowest BCUT2D eigenvalue weighted by Gasteiger charge is -2.40. The normalized spacial score (nSPS) is 14.8. The van der Waals surface area contributed by atoms with Gasteiger partial charge in [-0.1, -0.05) is 135 Å². The quantitative estimate of drug-likeness (QED) is 0.222. The average Bonchev–Trinajstić information content (AvgIpc) is 3.25. The Bertz CT molecular complexity index is 1470. The monoisotopic (exact) mass is 533 g/mol. The zero-order chi connectivity index (χ0) is 26.8. The third-order valence-corrected chi connectivity index (χ3v) is 11.5. The van der Waals surface area contributed by atoms with Crippen LogP contribution < -0.4 is 15.7 Å². The number of benzene rings is 4. The lowest BCUT2D eigenvalue weighted by molar-refractivity contribution is 0.320. The number of hydrogen-bond donors (Lipinski definition) is 1. The van der Waals surface area contributed by atoms with Gasteiger partial charge in [-0.05, 0) is 30.4 Å². The smallest absolute Gasteiger partial charge is 0.155 e. The van der Waals surface area contributed by atoms with Crippen LogP contribution in [0.3, 0.4) is 0 Å². The van der Waals surface area contributed by atoms with E-state index < -0.39 is 17.8 Å². The molecule has 3 nitrogen and oxygen atoms in total. The minimum Gasteiger partial charge on any atom is -0.273 e. The number of aliphatic imine (C=N–C) groups is 1. The second kappa shape index (κ2) is 10.8. The van der Waals surface area contributed by atoms with E-state index in [0.29, 0.717) is 5.92 Å². The van der Waals surface area contributed by atoms with Crippen molar-refractivity contribution >= 4 is 34.3 Å². The lowest BCUT2D eigenvalue weighted by atomic mass is 9.85. The van der Waals surface area contributed by atoms with Crippen molar-refractivity contribution in [1.29, 1.82) is 5.26 Å². The molecule has 1 N–H and O–H groups in total. The number of nitriles is 1. The van der Waals surface area contributed by atoms with E-state index in [0.717, 1.165) is 45.0 Å². The summed E-state index contributed by atoms with van der Waals surface area (Å²) in [6, 6.07) is 39.2. The van der Waals surface area contributed by atoms with Crippen molar-refractivity contribution < 1.29 is 0 Å². The van der Waals surface area contributed by atoms with Crippen molar-refractivity contribution in [3.8, 4) is 17.2 Å². The van der Waals surface area contributed by atoms with Gasteiger partial charge < -0.3 is 0 Å². The van der Waals surface area contributed by atoms with Crippen LogP contribution in [0.5, 0.6) is 0 Å². The molecule has 0 fully saturated rings. The number of nitrogens with one attached hydrogen (secondary N) is 1. The second-order valence-corrected chi connectivity index (χ2v) is 14.6. The van der Waals surface area contributed by atoms with Crippen LogP contribution in [0.25, 0.3) is 11.1 Å². The molecule has 38 heavy (non-hydrogen) atoms. The summed E-state index contributed by atoms with van der Waals surface area (Å²) in [5.41, 5.74) is 4.69. The Kier molecular flexibility index (Phi) is 7.46. The van der Waals surface area contributed by atoms with E-state index >= 15 is 0 Å². The standard InChI is InChI=1S/C33H32N3PS/c1-24(2)22-33(3,36-37(38,25-14-6-4-7-15-25)26-16-8-5-9-17-26)31(23-34)35-32-29-20-12-10-18-27(29)28-19-11-13-21-30(28)32/h4-21,24,31H,22H2,1-3H3,(H,36,38)/t31-,33+/m0/s1. The molecular formula is C33H32N3PS. The molecule has 0 saturated carbocycles. The summed E-state index contributed by atoms with van der Waals surface area (Å²) in [5, 5.41) is 16.8. The molecule has 5 rings (SSSR count). The Hall–Kier alpha value is -3.35. The van der Waals surface area contributed by atoms with Crippen LogP contribution in [0.2, 0.25) is 0 Å². The van der Waals surface area contributed by atoms with Crippen LogP contribution in [-0.2, 0) is 11.8 Å². The highest BCUT2D eigenvalue weighted by molar-refractivity contribution is 8.21. The zero-order valence-corrected chi connectivity index (χ0v) is 23.7. The van der Waals surface area contributed by atoms with Gasteiger partial charge >= 0.3 is 0 Å². The van der Waals surface area contributed by atoms with Gasteiger partial charge in [0.2, 0.25) is 0 Å². The third kappa shape index (κ3) is 4.91. The summed E-state index contributed by atoms with van der Waals surface area (Å²) in [7, 11) is 0. The highest BCUT2D eigenvalue weighted by Gasteiger charge is 2.41. The predicted octanol–water partition coefficient (Wildman–Crippen LogP) is 6.84. The zero-order valence-electron chi connectivity index (χ0n) is 22.0. The molecule has 0 aliphatic heterocycles. The van der Waals surface area contributed by atoms with E-state index in [-0.39, 0.29) is 0 Å². The highest BCUT2D eigenvalue weighted by atomic mass is 32.4. The highest BCUT2D eigenvalue weighted by Crippen LogP contribution is 2.45. The molecule has 0 aromatic heterocycles. The first-order valence-corrected chi connectivity index (χ1v) is 15.8. The molecule has 4 aromatic carbocycles. The molecule has 1 aliphatic carbocycles. The van der Waals surface area contributed by atoms with Gasteiger partial charge in [-0.15, -0.1) is 0 Å². The third-order valence-electron chi connectivity index (χ3n) is 7.12. The van der Waals surface area contributed by atoms with Crippen LogP contribution in [0.4, 0.5) is 0 Å². The van der Waals surface area contributed by atoms with Crippen LogP contribution in [0.1, 0.15) is 38.3 Å². The van der Waals surface area contributed by atoms with Crippen molar-refractivity contribution in [1.82, 2.24) is 5.09 Å². The van der Waals surface area contributed by atoms with E-state index in [9.17, 15) is 5.26 Å². The molecule has 0 spiro atoms. The molecule has 0 unspecified atom stereocenters.